The summed E-state index contributed by atoms with van der Waals surface area (Å²) < 4.78 is 7.83. The molecule has 1 atom stereocenters. The highest BCUT2D eigenvalue weighted by Crippen LogP contribution is 2.39. The van der Waals surface area contributed by atoms with Gasteiger partial charge in [0.15, 0.2) is 5.76 Å². The molecule has 7 nitrogen and oxygen atoms in total. The third kappa shape index (κ3) is 3.65. The van der Waals surface area contributed by atoms with Gasteiger partial charge in [0.05, 0.1) is 11.3 Å². The SMILES string of the molecule is CCC(=O)N1c2ccccc2-c2c(=O)[nH]c(SC)n[n+]2[C@@H]1c1ccc(-c2cccc(Cl)c2)o1. The van der Waals surface area contributed by atoms with Gasteiger partial charge in [0.25, 0.3) is 0 Å². The van der Waals surface area contributed by atoms with Gasteiger partial charge in [0, 0.05) is 22.1 Å². The molecule has 2 aromatic carbocycles. The van der Waals surface area contributed by atoms with Crippen molar-refractivity contribution in [1.29, 1.82) is 0 Å². The molecule has 0 spiro atoms. The average Bonchev–Trinajstić information content (AvgIpc) is 3.32. The molecule has 0 saturated heterocycles. The Kier molecular flexibility index (Phi) is 5.55. The fourth-order valence-corrected chi connectivity index (χ4v) is 4.60. The zero-order valence-corrected chi connectivity index (χ0v) is 19.5. The van der Waals surface area contributed by atoms with E-state index in [9.17, 15) is 9.59 Å². The monoisotopic (exact) mass is 479 g/mol. The number of fused-ring (bicyclic) bond motifs is 3. The molecule has 1 aliphatic rings. The summed E-state index contributed by atoms with van der Waals surface area (Å²) in [6.45, 7) is 1.81. The van der Waals surface area contributed by atoms with Gasteiger partial charge in [-0.05, 0) is 47.3 Å². The molecule has 4 aromatic rings. The van der Waals surface area contributed by atoms with E-state index in [0.717, 1.165) is 5.56 Å². The first kappa shape index (κ1) is 21.5. The van der Waals surface area contributed by atoms with E-state index in [1.807, 2.05) is 60.9 Å². The van der Waals surface area contributed by atoms with E-state index in [2.05, 4.69) is 10.1 Å². The number of carbonyl (C=O) groups is 1. The van der Waals surface area contributed by atoms with Crippen LogP contribution in [0.15, 0.2) is 75.0 Å². The minimum atomic E-state index is -0.761. The molecular formula is C24H20ClN4O3S+. The van der Waals surface area contributed by atoms with Gasteiger partial charge in [0.2, 0.25) is 11.1 Å². The molecule has 2 aromatic heterocycles. The zero-order valence-electron chi connectivity index (χ0n) is 17.9. The number of halogens is 1. The number of aromatic amines is 1. The van der Waals surface area contributed by atoms with E-state index in [1.54, 1.807) is 22.6 Å². The van der Waals surface area contributed by atoms with E-state index in [0.29, 0.717) is 38.6 Å². The quantitative estimate of drug-likeness (QED) is 0.340. The van der Waals surface area contributed by atoms with Crippen LogP contribution in [-0.4, -0.2) is 22.2 Å². The van der Waals surface area contributed by atoms with E-state index in [-0.39, 0.29) is 17.9 Å². The number of amides is 1. The second-order valence-corrected chi connectivity index (χ2v) is 8.71. The fourth-order valence-electron chi connectivity index (χ4n) is 4.05. The lowest BCUT2D eigenvalue weighted by atomic mass is 10.0. The van der Waals surface area contributed by atoms with Crippen LogP contribution in [0.4, 0.5) is 5.69 Å². The normalized spacial score (nSPS) is 14.6. The molecule has 0 bridgehead atoms. The molecule has 0 unspecified atom stereocenters. The number of nitrogens with zero attached hydrogens (tertiary/aromatic N) is 3. The Morgan fingerprint density at radius 2 is 2.03 bits per heavy atom. The minimum absolute atomic E-state index is 0.112. The van der Waals surface area contributed by atoms with Crippen LogP contribution in [0.25, 0.3) is 22.6 Å². The maximum absolute atomic E-state index is 13.2. The van der Waals surface area contributed by atoms with Gasteiger partial charge in [-0.15, -0.1) is 0 Å². The van der Waals surface area contributed by atoms with E-state index < -0.39 is 6.17 Å². The summed E-state index contributed by atoms with van der Waals surface area (Å²) in [6, 6.07) is 18.3. The molecule has 9 heteroatoms. The molecule has 33 heavy (non-hydrogen) atoms. The summed E-state index contributed by atoms with van der Waals surface area (Å²) >= 11 is 7.48. The Balaban J connectivity index is 1.76. The largest absolute Gasteiger partial charge is 0.452 e. The second-order valence-electron chi connectivity index (χ2n) is 7.48. The number of anilines is 1. The minimum Gasteiger partial charge on any atom is -0.452 e. The number of hydrogen-bond acceptors (Lipinski definition) is 5. The third-order valence-corrected chi connectivity index (χ3v) is 6.32. The Hall–Kier alpha value is -3.36. The van der Waals surface area contributed by atoms with Gasteiger partial charge in [-0.3, -0.25) is 14.6 Å². The number of carbonyl (C=O) groups excluding carboxylic acids is 1. The Bertz CT molecular complexity index is 1430. The lowest BCUT2D eigenvalue weighted by Crippen LogP contribution is -2.60. The van der Waals surface area contributed by atoms with Crippen molar-refractivity contribution in [2.24, 2.45) is 0 Å². The lowest BCUT2D eigenvalue weighted by molar-refractivity contribution is -0.764. The summed E-state index contributed by atoms with van der Waals surface area (Å²) in [4.78, 5) is 30.8. The average molecular weight is 480 g/mol. The lowest BCUT2D eigenvalue weighted by Gasteiger charge is -2.30. The van der Waals surface area contributed by atoms with Crippen LogP contribution >= 0.6 is 23.4 Å². The number of benzene rings is 2. The van der Waals surface area contributed by atoms with Crippen LogP contribution in [0, 0.1) is 0 Å². The number of thioether (sulfide) groups is 1. The van der Waals surface area contributed by atoms with Crippen LogP contribution in [0.3, 0.4) is 0 Å². The molecule has 1 N–H and O–H groups in total. The molecule has 0 saturated carbocycles. The van der Waals surface area contributed by atoms with Crippen molar-refractivity contribution in [3.8, 4) is 22.6 Å². The van der Waals surface area contributed by atoms with Gasteiger partial charge in [-0.1, -0.05) is 54.6 Å². The molecular weight excluding hydrogens is 460 g/mol. The summed E-state index contributed by atoms with van der Waals surface area (Å²) in [6.07, 6.45) is 1.35. The standard InChI is InChI=1S/C24H19ClN4O3S/c1-3-20(30)28-17-10-5-4-9-16(17)21-22(31)26-24(33-2)27-29(21)23(28)19-12-11-18(32-19)14-7-6-8-15(25)13-14/h4-13,23H,3H2,1-2H3/p+1/t23-/m1/s1. The number of furan rings is 1. The Labute approximate surface area is 199 Å². The summed E-state index contributed by atoms with van der Waals surface area (Å²) in [5.41, 5.74) is 2.18. The van der Waals surface area contributed by atoms with Crippen molar-refractivity contribution >= 4 is 35.0 Å². The predicted molar refractivity (Wildman–Crippen MR) is 127 cm³/mol. The molecule has 5 rings (SSSR count). The van der Waals surface area contributed by atoms with E-state index >= 15 is 0 Å². The Morgan fingerprint density at radius 3 is 2.79 bits per heavy atom. The maximum atomic E-state index is 13.2. The van der Waals surface area contributed by atoms with Crippen molar-refractivity contribution in [3.63, 3.8) is 0 Å². The first-order valence-electron chi connectivity index (χ1n) is 10.4. The molecule has 3 heterocycles. The van der Waals surface area contributed by atoms with Gasteiger partial charge in [-0.2, -0.15) is 0 Å². The van der Waals surface area contributed by atoms with Crippen molar-refractivity contribution in [1.82, 2.24) is 10.1 Å². The van der Waals surface area contributed by atoms with Crippen molar-refractivity contribution in [2.45, 2.75) is 24.7 Å². The number of hydrogen-bond donors (Lipinski definition) is 1. The van der Waals surface area contributed by atoms with Crippen molar-refractivity contribution < 1.29 is 13.9 Å². The van der Waals surface area contributed by atoms with Crippen LogP contribution < -0.4 is 15.1 Å². The van der Waals surface area contributed by atoms with Crippen LogP contribution in [0.2, 0.25) is 5.02 Å². The summed E-state index contributed by atoms with van der Waals surface area (Å²) in [5.74, 6) is 0.976. The maximum Gasteiger partial charge on any atom is 0.325 e. The molecule has 166 valence electrons. The zero-order chi connectivity index (χ0) is 23.1. The number of nitrogens with one attached hydrogen (secondary N) is 1. The highest BCUT2D eigenvalue weighted by atomic mass is 35.5. The molecule has 0 radical (unpaired) electrons. The predicted octanol–water partition coefficient (Wildman–Crippen LogP) is 4.66. The highest BCUT2D eigenvalue weighted by molar-refractivity contribution is 7.98. The van der Waals surface area contributed by atoms with Crippen LogP contribution in [-0.2, 0) is 4.79 Å². The van der Waals surface area contributed by atoms with Crippen LogP contribution in [0.5, 0.6) is 0 Å². The topological polar surface area (TPSA) is 83.1 Å². The number of para-hydroxylation sites is 1. The van der Waals surface area contributed by atoms with Crippen molar-refractivity contribution in [2.75, 3.05) is 11.2 Å². The molecule has 1 aliphatic heterocycles. The number of aromatic nitrogens is 3. The van der Waals surface area contributed by atoms with Gasteiger partial charge < -0.3 is 4.42 Å². The Morgan fingerprint density at radius 1 is 1.21 bits per heavy atom. The number of rotatable bonds is 4. The van der Waals surface area contributed by atoms with Crippen molar-refractivity contribution in [3.05, 3.63) is 81.8 Å². The van der Waals surface area contributed by atoms with E-state index in [1.165, 1.54) is 11.8 Å². The first-order chi connectivity index (χ1) is 16.0. The van der Waals surface area contributed by atoms with Gasteiger partial charge in [-0.25, -0.2) is 4.90 Å². The van der Waals surface area contributed by atoms with E-state index in [4.69, 9.17) is 16.0 Å². The molecule has 0 fully saturated rings. The second kappa shape index (κ2) is 8.53. The van der Waals surface area contributed by atoms with Gasteiger partial charge in [0.1, 0.15) is 5.76 Å². The summed E-state index contributed by atoms with van der Waals surface area (Å²) in [7, 11) is 0. The number of H-pyrrole nitrogens is 1. The first-order valence-corrected chi connectivity index (χ1v) is 12.0. The summed E-state index contributed by atoms with van der Waals surface area (Å²) in [5, 5.41) is 5.70. The molecule has 0 aliphatic carbocycles. The molecule has 1 amide bonds. The smallest absolute Gasteiger partial charge is 0.325 e. The highest BCUT2D eigenvalue weighted by Gasteiger charge is 2.47. The third-order valence-electron chi connectivity index (χ3n) is 5.51. The fraction of sp³-hybridized carbons (Fsp3) is 0.167. The van der Waals surface area contributed by atoms with Gasteiger partial charge >= 0.3 is 17.4 Å². The van der Waals surface area contributed by atoms with Crippen LogP contribution in [0.1, 0.15) is 25.3 Å².